The second-order valence-electron chi connectivity index (χ2n) is 4.49. The molecule has 2 unspecified atom stereocenters. The van der Waals surface area contributed by atoms with Crippen LogP contribution in [0.4, 0.5) is 0 Å². The number of hydrogen-bond donors (Lipinski definition) is 1. The maximum atomic E-state index is 11.8. The molecule has 94 valence electrons. The molecule has 1 amide bonds. The van der Waals surface area contributed by atoms with E-state index in [4.69, 9.17) is 5.26 Å². The molecule has 2 atom stereocenters. The average molecular weight is 243 g/mol. The van der Waals surface area contributed by atoms with E-state index in [1.165, 1.54) is 5.56 Å². The van der Waals surface area contributed by atoms with Gasteiger partial charge in [0.05, 0.1) is 12.5 Å². The van der Waals surface area contributed by atoms with Gasteiger partial charge in [-0.15, -0.1) is 0 Å². The molecule has 0 aromatic heterocycles. The molecular formula is C14H17N3O. The minimum Gasteiger partial charge on any atom is -0.353 e. The first-order chi connectivity index (χ1) is 8.74. The molecule has 0 saturated carbocycles. The molecule has 4 heteroatoms. The number of carbonyl (C=O) groups excluding carboxylic acids is 1. The van der Waals surface area contributed by atoms with Gasteiger partial charge in [-0.05, 0) is 12.5 Å². The Morgan fingerprint density at radius 3 is 2.89 bits per heavy atom. The fourth-order valence-electron chi connectivity index (χ4n) is 2.42. The summed E-state index contributed by atoms with van der Waals surface area (Å²) in [6.45, 7) is 3.52. The van der Waals surface area contributed by atoms with Crippen LogP contribution >= 0.6 is 0 Å². The predicted molar refractivity (Wildman–Crippen MR) is 68.6 cm³/mol. The molecule has 1 fully saturated rings. The minimum atomic E-state index is -0.334. The Hall–Kier alpha value is -1.86. The third kappa shape index (κ3) is 2.52. The molecule has 1 aliphatic heterocycles. The maximum Gasteiger partial charge on any atom is 0.238 e. The fraction of sp³-hybridized carbons (Fsp3) is 0.429. The fourth-order valence-corrected chi connectivity index (χ4v) is 2.42. The van der Waals surface area contributed by atoms with Crippen LogP contribution in [0.3, 0.4) is 0 Å². The van der Waals surface area contributed by atoms with Gasteiger partial charge in [0, 0.05) is 19.1 Å². The van der Waals surface area contributed by atoms with E-state index < -0.39 is 0 Å². The molecule has 0 aliphatic carbocycles. The van der Waals surface area contributed by atoms with Gasteiger partial charge in [-0.2, -0.15) is 5.26 Å². The number of rotatable bonds is 3. The van der Waals surface area contributed by atoms with Crippen LogP contribution in [-0.4, -0.2) is 29.9 Å². The van der Waals surface area contributed by atoms with Gasteiger partial charge >= 0.3 is 0 Å². The van der Waals surface area contributed by atoms with Crippen LogP contribution in [0.1, 0.15) is 24.9 Å². The van der Waals surface area contributed by atoms with Crippen LogP contribution < -0.4 is 5.32 Å². The van der Waals surface area contributed by atoms with E-state index in [9.17, 15) is 4.79 Å². The summed E-state index contributed by atoms with van der Waals surface area (Å²) in [4.78, 5) is 13.9. The van der Waals surface area contributed by atoms with Gasteiger partial charge in [-0.3, -0.25) is 9.69 Å². The van der Waals surface area contributed by atoms with Gasteiger partial charge in [0.1, 0.15) is 6.04 Å². The summed E-state index contributed by atoms with van der Waals surface area (Å²) >= 11 is 0. The normalized spacial score (nSPS) is 22.0. The number of amides is 1. The highest BCUT2D eigenvalue weighted by Gasteiger charge is 2.32. The number of benzene rings is 1. The summed E-state index contributed by atoms with van der Waals surface area (Å²) in [7, 11) is 0. The Labute approximate surface area is 107 Å². The molecule has 1 saturated heterocycles. The maximum absolute atomic E-state index is 11.8. The van der Waals surface area contributed by atoms with E-state index in [2.05, 4.69) is 35.3 Å². The molecule has 18 heavy (non-hydrogen) atoms. The Kier molecular flexibility index (Phi) is 3.96. The zero-order valence-electron chi connectivity index (χ0n) is 10.5. The molecule has 0 bridgehead atoms. The van der Waals surface area contributed by atoms with Crippen molar-refractivity contribution < 1.29 is 4.79 Å². The molecule has 2 rings (SSSR count). The summed E-state index contributed by atoms with van der Waals surface area (Å²) < 4.78 is 0. The highest BCUT2D eigenvalue weighted by Crippen LogP contribution is 2.24. The van der Waals surface area contributed by atoms with E-state index in [1.54, 1.807) is 0 Å². The van der Waals surface area contributed by atoms with Crippen molar-refractivity contribution in [3.63, 3.8) is 0 Å². The number of carbonyl (C=O) groups is 1. The zero-order valence-corrected chi connectivity index (χ0v) is 10.5. The Bertz CT molecular complexity index is 452. The predicted octanol–water partition coefficient (Wildman–Crippen LogP) is 1.46. The second kappa shape index (κ2) is 5.65. The van der Waals surface area contributed by atoms with Gasteiger partial charge in [0.15, 0.2) is 0 Å². The first-order valence-electron chi connectivity index (χ1n) is 6.19. The standard InChI is InChI=1S/C14H17N3O/c1-11(12-5-3-2-4-6-12)17-10-9-16-14(18)13(17)7-8-15/h2-6,11,13H,7,9-10H2,1H3,(H,16,18). The van der Waals surface area contributed by atoms with E-state index in [0.717, 1.165) is 6.54 Å². The van der Waals surface area contributed by atoms with Crippen molar-refractivity contribution in [3.05, 3.63) is 35.9 Å². The first kappa shape index (κ1) is 12.6. The molecule has 1 aromatic carbocycles. The van der Waals surface area contributed by atoms with Crippen LogP contribution in [0.25, 0.3) is 0 Å². The molecular weight excluding hydrogens is 226 g/mol. The van der Waals surface area contributed by atoms with Crippen molar-refractivity contribution in [1.82, 2.24) is 10.2 Å². The molecule has 1 N–H and O–H groups in total. The topological polar surface area (TPSA) is 56.1 Å². The highest BCUT2D eigenvalue weighted by atomic mass is 16.2. The Morgan fingerprint density at radius 1 is 1.50 bits per heavy atom. The Balaban J connectivity index is 2.19. The SMILES string of the molecule is CC(c1ccccc1)N1CCNC(=O)C1CC#N. The monoisotopic (exact) mass is 243 g/mol. The van der Waals surface area contributed by atoms with Gasteiger partial charge in [0.25, 0.3) is 0 Å². The van der Waals surface area contributed by atoms with E-state index >= 15 is 0 Å². The largest absolute Gasteiger partial charge is 0.353 e. The smallest absolute Gasteiger partial charge is 0.238 e. The molecule has 1 aliphatic rings. The molecule has 0 radical (unpaired) electrons. The summed E-state index contributed by atoms with van der Waals surface area (Å²) in [5.41, 5.74) is 1.18. The van der Waals surface area contributed by atoms with Crippen molar-refractivity contribution in [2.75, 3.05) is 13.1 Å². The van der Waals surface area contributed by atoms with Crippen molar-refractivity contribution in [2.45, 2.75) is 25.4 Å². The first-order valence-corrected chi connectivity index (χ1v) is 6.19. The number of nitrogens with zero attached hydrogens (tertiary/aromatic N) is 2. The van der Waals surface area contributed by atoms with Gasteiger partial charge in [-0.25, -0.2) is 0 Å². The van der Waals surface area contributed by atoms with Crippen molar-refractivity contribution in [2.24, 2.45) is 0 Å². The van der Waals surface area contributed by atoms with Crippen LogP contribution in [-0.2, 0) is 4.79 Å². The van der Waals surface area contributed by atoms with Crippen LogP contribution in [0, 0.1) is 11.3 Å². The second-order valence-corrected chi connectivity index (χ2v) is 4.49. The summed E-state index contributed by atoms with van der Waals surface area (Å²) in [5, 5.41) is 11.7. The van der Waals surface area contributed by atoms with E-state index in [1.807, 2.05) is 18.2 Å². The van der Waals surface area contributed by atoms with Crippen molar-refractivity contribution in [1.29, 1.82) is 5.26 Å². The summed E-state index contributed by atoms with van der Waals surface area (Å²) in [6.07, 6.45) is 0.239. The van der Waals surface area contributed by atoms with Crippen LogP contribution in [0.2, 0.25) is 0 Å². The summed E-state index contributed by atoms with van der Waals surface area (Å²) in [6, 6.07) is 12.0. The average Bonchev–Trinajstić information content (AvgIpc) is 2.41. The van der Waals surface area contributed by atoms with E-state index in [-0.39, 0.29) is 24.4 Å². The van der Waals surface area contributed by atoms with Crippen molar-refractivity contribution in [3.8, 4) is 6.07 Å². The third-order valence-electron chi connectivity index (χ3n) is 3.44. The van der Waals surface area contributed by atoms with Gasteiger partial charge in [-0.1, -0.05) is 30.3 Å². The highest BCUT2D eigenvalue weighted by molar-refractivity contribution is 5.82. The number of hydrogen-bond acceptors (Lipinski definition) is 3. The third-order valence-corrected chi connectivity index (χ3v) is 3.44. The lowest BCUT2D eigenvalue weighted by atomic mass is 10.0. The number of nitriles is 1. The van der Waals surface area contributed by atoms with Crippen molar-refractivity contribution >= 4 is 5.91 Å². The van der Waals surface area contributed by atoms with E-state index in [0.29, 0.717) is 6.54 Å². The summed E-state index contributed by atoms with van der Waals surface area (Å²) in [5.74, 6) is -0.0365. The zero-order chi connectivity index (χ0) is 13.0. The lowest BCUT2D eigenvalue weighted by Gasteiger charge is -2.38. The molecule has 0 spiro atoms. The Morgan fingerprint density at radius 2 is 2.22 bits per heavy atom. The number of nitrogens with one attached hydrogen (secondary N) is 1. The number of piperazine rings is 1. The molecule has 1 heterocycles. The molecule has 1 aromatic rings. The van der Waals surface area contributed by atoms with Crippen LogP contribution in [0.15, 0.2) is 30.3 Å². The van der Waals surface area contributed by atoms with Gasteiger partial charge < -0.3 is 5.32 Å². The quantitative estimate of drug-likeness (QED) is 0.874. The molecule has 4 nitrogen and oxygen atoms in total. The minimum absolute atomic E-state index is 0.0365. The lowest BCUT2D eigenvalue weighted by Crippen LogP contribution is -2.55. The lowest BCUT2D eigenvalue weighted by molar-refractivity contribution is -0.130. The van der Waals surface area contributed by atoms with Gasteiger partial charge in [0.2, 0.25) is 5.91 Å². The van der Waals surface area contributed by atoms with Crippen LogP contribution in [0.5, 0.6) is 0 Å².